The topological polar surface area (TPSA) is 75.2 Å². The van der Waals surface area contributed by atoms with Crippen LogP contribution in [0.15, 0.2) is 150 Å². The Morgan fingerprint density at radius 3 is 1.95 bits per heavy atom. The second-order valence-electron chi connectivity index (χ2n) is 10.4. The van der Waals surface area contributed by atoms with Crippen LogP contribution in [0.25, 0.3) is 10.9 Å². The first-order valence-corrected chi connectivity index (χ1v) is 15.5. The molecule has 5 aromatic carbocycles. The highest BCUT2D eigenvalue weighted by Gasteiger charge is 2.23. The molecule has 0 spiro atoms. The van der Waals surface area contributed by atoms with Crippen LogP contribution in [0.1, 0.15) is 39.4 Å². The summed E-state index contributed by atoms with van der Waals surface area (Å²) in [5.41, 5.74) is 6.78. The van der Waals surface area contributed by atoms with E-state index in [1.54, 1.807) is 30.5 Å². The van der Waals surface area contributed by atoms with E-state index in [0.717, 1.165) is 38.9 Å². The van der Waals surface area contributed by atoms with Crippen molar-refractivity contribution >= 4 is 26.6 Å². The predicted molar refractivity (Wildman–Crippen MR) is 172 cm³/mol. The summed E-state index contributed by atoms with van der Waals surface area (Å²) in [5.74, 6) is 0. The Hall–Kier alpha value is -5.25. The van der Waals surface area contributed by atoms with Crippen molar-refractivity contribution in [1.82, 2.24) is 3.97 Å². The van der Waals surface area contributed by atoms with Crippen molar-refractivity contribution in [3.05, 3.63) is 173 Å². The lowest BCUT2D eigenvalue weighted by atomic mass is 9.96. The Kier molecular flexibility index (Phi) is 7.74. The van der Waals surface area contributed by atoms with E-state index in [0.29, 0.717) is 17.5 Å². The van der Waals surface area contributed by atoms with Crippen molar-refractivity contribution in [2.75, 3.05) is 0 Å². The smallest absolute Gasteiger partial charge is 0.268 e. The van der Waals surface area contributed by atoms with Gasteiger partial charge in [-0.05, 0) is 48.4 Å². The second kappa shape index (κ2) is 11.9. The molecule has 6 rings (SSSR count). The van der Waals surface area contributed by atoms with Crippen molar-refractivity contribution in [1.29, 1.82) is 5.26 Å². The summed E-state index contributed by atoms with van der Waals surface area (Å²) in [6.45, 7) is 1.93. The van der Waals surface area contributed by atoms with E-state index in [-0.39, 0.29) is 10.9 Å². The third-order valence-electron chi connectivity index (χ3n) is 7.56. The largest absolute Gasteiger partial charge is 0.276 e. The van der Waals surface area contributed by atoms with E-state index >= 15 is 0 Å². The summed E-state index contributed by atoms with van der Waals surface area (Å²) >= 11 is 0. The number of rotatable bonds is 8. The summed E-state index contributed by atoms with van der Waals surface area (Å²) in [7, 11) is -3.84. The van der Waals surface area contributed by atoms with Gasteiger partial charge in [0, 0.05) is 29.1 Å². The molecule has 0 bridgehead atoms. The molecule has 0 aliphatic carbocycles. The van der Waals surface area contributed by atoms with Gasteiger partial charge in [0.2, 0.25) is 0 Å². The Labute approximate surface area is 252 Å². The Morgan fingerprint density at radius 1 is 0.767 bits per heavy atom. The number of hydrogen-bond acceptors (Lipinski definition) is 4. The standard InChI is InChI=1S/C37H29N3O2S/c1-27-16-22-33(23-17-27)43(41,42)40-26-32(34-14-8-9-15-36(34)40)24-35(29-20-18-28(25-38)19-21-29)39-37(30-10-4-2-5-11-30)31-12-6-3-7-13-31/h2-23,26,35H,24H2,1H3. The van der Waals surface area contributed by atoms with Crippen molar-refractivity contribution < 1.29 is 8.42 Å². The Balaban J connectivity index is 1.52. The highest BCUT2D eigenvalue weighted by Crippen LogP contribution is 2.32. The molecule has 0 saturated heterocycles. The average Bonchev–Trinajstić information content (AvgIpc) is 3.43. The molecule has 1 aromatic heterocycles. The quantitative estimate of drug-likeness (QED) is 0.172. The average molecular weight is 580 g/mol. The number of aryl methyl sites for hydroxylation is 1. The zero-order valence-electron chi connectivity index (χ0n) is 23.6. The lowest BCUT2D eigenvalue weighted by Gasteiger charge is -2.17. The van der Waals surface area contributed by atoms with E-state index in [4.69, 9.17) is 4.99 Å². The predicted octanol–water partition coefficient (Wildman–Crippen LogP) is 7.88. The van der Waals surface area contributed by atoms with Crippen LogP contribution in [-0.4, -0.2) is 18.1 Å². The van der Waals surface area contributed by atoms with Gasteiger partial charge in [0.1, 0.15) is 0 Å². The molecule has 1 heterocycles. The first-order chi connectivity index (χ1) is 20.9. The first kappa shape index (κ1) is 27.9. The molecule has 0 aliphatic heterocycles. The van der Waals surface area contributed by atoms with E-state index in [9.17, 15) is 13.7 Å². The monoisotopic (exact) mass is 579 g/mol. The van der Waals surface area contributed by atoms with Crippen LogP contribution < -0.4 is 0 Å². The first-order valence-electron chi connectivity index (χ1n) is 14.0. The van der Waals surface area contributed by atoms with Gasteiger partial charge in [-0.3, -0.25) is 4.99 Å². The van der Waals surface area contributed by atoms with Crippen LogP contribution in [0.4, 0.5) is 0 Å². The normalized spacial score (nSPS) is 12.0. The molecule has 6 aromatic rings. The van der Waals surface area contributed by atoms with Crippen LogP contribution in [0, 0.1) is 18.3 Å². The third kappa shape index (κ3) is 5.76. The van der Waals surface area contributed by atoms with Gasteiger partial charge >= 0.3 is 0 Å². The van der Waals surface area contributed by atoms with E-state index in [1.165, 1.54) is 3.97 Å². The van der Waals surface area contributed by atoms with Gasteiger partial charge in [-0.1, -0.05) is 109 Å². The van der Waals surface area contributed by atoms with Gasteiger partial charge in [-0.2, -0.15) is 5.26 Å². The zero-order valence-corrected chi connectivity index (χ0v) is 24.4. The molecule has 5 nitrogen and oxygen atoms in total. The van der Waals surface area contributed by atoms with E-state index in [2.05, 4.69) is 6.07 Å². The second-order valence-corrected chi connectivity index (χ2v) is 12.3. The van der Waals surface area contributed by atoms with Crippen molar-refractivity contribution in [3.8, 4) is 6.07 Å². The molecule has 0 aliphatic rings. The summed E-state index contributed by atoms with van der Waals surface area (Å²) in [4.78, 5) is 5.60. The van der Waals surface area contributed by atoms with Gasteiger partial charge in [0.05, 0.1) is 33.8 Å². The minimum atomic E-state index is -3.84. The maximum Gasteiger partial charge on any atom is 0.268 e. The molecular weight excluding hydrogens is 550 g/mol. The number of fused-ring (bicyclic) bond motifs is 1. The Bertz CT molecular complexity index is 2020. The van der Waals surface area contributed by atoms with Crippen LogP contribution in [0.5, 0.6) is 0 Å². The number of para-hydroxylation sites is 1. The van der Waals surface area contributed by atoms with E-state index < -0.39 is 10.0 Å². The summed E-state index contributed by atoms with van der Waals surface area (Å²) in [6, 6.07) is 43.9. The number of benzene rings is 5. The van der Waals surface area contributed by atoms with Crippen LogP contribution in [0.3, 0.4) is 0 Å². The lowest BCUT2D eigenvalue weighted by Crippen LogP contribution is -2.12. The van der Waals surface area contributed by atoms with Gasteiger partial charge in [-0.15, -0.1) is 0 Å². The molecule has 0 radical (unpaired) electrons. The molecule has 1 atom stereocenters. The third-order valence-corrected chi connectivity index (χ3v) is 9.24. The van der Waals surface area contributed by atoms with Gasteiger partial charge in [0.25, 0.3) is 10.0 Å². The molecule has 6 heteroatoms. The molecule has 1 unspecified atom stereocenters. The summed E-state index contributed by atoms with van der Waals surface area (Å²) in [6.07, 6.45) is 2.18. The molecule has 0 N–H and O–H groups in total. The van der Waals surface area contributed by atoms with Crippen LogP contribution in [0.2, 0.25) is 0 Å². The zero-order chi connectivity index (χ0) is 29.8. The number of hydrogen-bond donors (Lipinski definition) is 0. The number of nitriles is 1. The van der Waals surface area contributed by atoms with Crippen molar-refractivity contribution in [2.24, 2.45) is 4.99 Å². The fourth-order valence-electron chi connectivity index (χ4n) is 5.29. The van der Waals surface area contributed by atoms with Crippen LogP contribution >= 0.6 is 0 Å². The number of nitrogens with zero attached hydrogens (tertiary/aromatic N) is 3. The Morgan fingerprint density at radius 2 is 1.35 bits per heavy atom. The minimum absolute atomic E-state index is 0.238. The van der Waals surface area contributed by atoms with Gasteiger partial charge in [0.15, 0.2) is 0 Å². The molecule has 0 amide bonds. The maximum atomic E-state index is 13.9. The number of aliphatic imine (C=N–C) groups is 1. The minimum Gasteiger partial charge on any atom is -0.276 e. The molecule has 43 heavy (non-hydrogen) atoms. The van der Waals surface area contributed by atoms with Gasteiger partial charge in [-0.25, -0.2) is 12.4 Å². The molecular formula is C37H29N3O2S. The SMILES string of the molecule is Cc1ccc(S(=O)(=O)n2cc(CC(N=C(c3ccccc3)c3ccccc3)c3ccc(C#N)cc3)c3ccccc32)cc1. The maximum absolute atomic E-state index is 13.9. The highest BCUT2D eigenvalue weighted by atomic mass is 32.2. The van der Waals surface area contributed by atoms with E-state index in [1.807, 2.05) is 116 Å². The van der Waals surface area contributed by atoms with Crippen molar-refractivity contribution in [2.45, 2.75) is 24.3 Å². The van der Waals surface area contributed by atoms with Gasteiger partial charge < -0.3 is 0 Å². The summed E-state index contributed by atoms with van der Waals surface area (Å²) < 4.78 is 29.1. The highest BCUT2D eigenvalue weighted by molar-refractivity contribution is 7.90. The molecule has 210 valence electrons. The molecule has 0 saturated carbocycles. The number of aromatic nitrogens is 1. The summed E-state index contributed by atoms with van der Waals surface area (Å²) in [5, 5.41) is 10.3. The lowest BCUT2D eigenvalue weighted by molar-refractivity contribution is 0.589. The van der Waals surface area contributed by atoms with Crippen LogP contribution in [-0.2, 0) is 16.4 Å². The fourth-order valence-corrected chi connectivity index (χ4v) is 6.68. The fraction of sp³-hybridized carbons (Fsp3) is 0.0811. The van der Waals surface area contributed by atoms with Crippen molar-refractivity contribution in [3.63, 3.8) is 0 Å². The molecule has 0 fully saturated rings.